The lowest BCUT2D eigenvalue weighted by atomic mass is 9.75. The third-order valence-electron chi connectivity index (χ3n) is 4.92. The van der Waals surface area contributed by atoms with Crippen molar-refractivity contribution >= 4 is 0 Å². The van der Waals surface area contributed by atoms with Gasteiger partial charge in [-0.25, -0.2) is 0 Å². The van der Waals surface area contributed by atoms with Crippen molar-refractivity contribution in [1.82, 2.24) is 5.32 Å². The molecule has 18 heavy (non-hydrogen) atoms. The first-order valence-electron chi connectivity index (χ1n) is 7.79. The fraction of sp³-hybridized carbons (Fsp3) is 1.00. The first kappa shape index (κ1) is 12.9. The van der Waals surface area contributed by atoms with Gasteiger partial charge in [-0.1, -0.05) is 0 Å². The van der Waals surface area contributed by atoms with Crippen LogP contribution in [0.15, 0.2) is 0 Å². The summed E-state index contributed by atoms with van der Waals surface area (Å²) in [6.45, 7) is 4.10. The van der Waals surface area contributed by atoms with E-state index >= 15 is 0 Å². The second-order valence-corrected chi connectivity index (χ2v) is 6.44. The molecule has 0 aromatic carbocycles. The molecular weight excluding hydrogens is 226 g/mol. The van der Waals surface area contributed by atoms with Crippen molar-refractivity contribution in [2.24, 2.45) is 5.41 Å². The first-order valence-corrected chi connectivity index (χ1v) is 7.79. The van der Waals surface area contributed by atoms with Crippen LogP contribution >= 0.6 is 0 Å². The Morgan fingerprint density at radius 1 is 1.06 bits per heavy atom. The SMILES string of the molecule is C1COC(CCC2(CNC3CC3)CCOCC2)C1. The molecule has 0 radical (unpaired) electrons. The molecule has 0 spiro atoms. The fourth-order valence-corrected chi connectivity index (χ4v) is 3.31. The second kappa shape index (κ2) is 5.89. The number of nitrogens with one attached hydrogen (secondary N) is 1. The van der Waals surface area contributed by atoms with Gasteiger partial charge in [0.05, 0.1) is 6.10 Å². The van der Waals surface area contributed by atoms with Crippen LogP contribution in [0.5, 0.6) is 0 Å². The summed E-state index contributed by atoms with van der Waals surface area (Å²) in [5.74, 6) is 0. The number of ether oxygens (including phenoxy) is 2. The van der Waals surface area contributed by atoms with E-state index in [2.05, 4.69) is 5.32 Å². The molecule has 3 rings (SSSR count). The zero-order valence-corrected chi connectivity index (χ0v) is 11.5. The van der Waals surface area contributed by atoms with Crippen molar-refractivity contribution < 1.29 is 9.47 Å². The molecule has 3 fully saturated rings. The lowest BCUT2D eigenvalue weighted by Gasteiger charge is -2.38. The summed E-state index contributed by atoms with van der Waals surface area (Å²) in [5, 5.41) is 3.75. The van der Waals surface area contributed by atoms with Crippen molar-refractivity contribution in [3.8, 4) is 0 Å². The molecule has 2 saturated heterocycles. The van der Waals surface area contributed by atoms with Crippen LogP contribution in [-0.2, 0) is 9.47 Å². The largest absolute Gasteiger partial charge is 0.381 e. The van der Waals surface area contributed by atoms with Crippen molar-refractivity contribution in [1.29, 1.82) is 0 Å². The number of hydrogen-bond donors (Lipinski definition) is 1. The normalized spacial score (nSPS) is 31.7. The van der Waals surface area contributed by atoms with Crippen LogP contribution in [-0.4, -0.2) is 38.5 Å². The maximum atomic E-state index is 5.78. The molecule has 2 aliphatic heterocycles. The molecule has 1 N–H and O–H groups in total. The predicted octanol–water partition coefficient (Wildman–Crippen LogP) is 2.49. The molecule has 2 heterocycles. The van der Waals surface area contributed by atoms with Crippen molar-refractivity contribution in [2.45, 2.75) is 63.5 Å². The zero-order valence-electron chi connectivity index (χ0n) is 11.5. The van der Waals surface area contributed by atoms with Gasteiger partial charge in [-0.2, -0.15) is 0 Å². The van der Waals surface area contributed by atoms with E-state index in [1.165, 1.54) is 57.9 Å². The smallest absolute Gasteiger partial charge is 0.0576 e. The number of rotatable bonds is 6. The van der Waals surface area contributed by atoms with Crippen LogP contribution in [0.3, 0.4) is 0 Å². The van der Waals surface area contributed by atoms with Crippen LogP contribution in [0.1, 0.15) is 51.4 Å². The van der Waals surface area contributed by atoms with Crippen LogP contribution in [0, 0.1) is 5.41 Å². The van der Waals surface area contributed by atoms with E-state index in [1.54, 1.807) is 0 Å². The predicted molar refractivity (Wildman–Crippen MR) is 71.7 cm³/mol. The molecule has 1 unspecified atom stereocenters. The average molecular weight is 253 g/mol. The molecule has 0 amide bonds. The minimum absolute atomic E-state index is 0.493. The Kier molecular flexibility index (Phi) is 4.22. The van der Waals surface area contributed by atoms with Gasteiger partial charge in [0.15, 0.2) is 0 Å². The summed E-state index contributed by atoms with van der Waals surface area (Å²) in [4.78, 5) is 0. The highest BCUT2D eigenvalue weighted by atomic mass is 16.5. The molecule has 1 atom stereocenters. The van der Waals surface area contributed by atoms with E-state index in [0.717, 1.165) is 25.9 Å². The second-order valence-electron chi connectivity index (χ2n) is 6.44. The quantitative estimate of drug-likeness (QED) is 0.789. The van der Waals surface area contributed by atoms with E-state index in [9.17, 15) is 0 Å². The minimum Gasteiger partial charge on any atom is -0.381 e. The summed E-state index contributed by atoms with van der Waals surface area (Å²) >= 11 is 0. The highest BCUT2D eigenvalue weighted by Gasteiger charge is 2.35. The van der Waals surface area contributed by atoms with Crippen LogP contribution in [0.25, 0.3) is 0 Å². The molecule has 1 saturated carbocycles. The Labute approximate surface area is 111 Å². The summed E-state index contributed by atoms with van der Waals surface area (Å²) in [6.07, 6.45) is 10.9. The molecule has 104 valence electrons. The summed E-state index contributed by atoms with van der Waals surface area (Å²) in [5.41, 5.74) is 0.493. The Balaban J connectivity index is 1.49. The Morgan fingerprint density at radius 2 is 1.89 bits per heavy atom. The molecule has 3 nitrogen and oxygen atoms in total. The van der Waals surface area contributed by atoms with Gasteiger partial charge in [0, 0.05) is 32.4 Å². The Hall–Kier alpha value is -0.120. The van der Waals surface area contributed by atoms with Gasteiger partial charge in [0.1, 0.15) is 0 Å². The van der Waals surface area contributed by atoms with Gasteiger partial charge in [0.2, 0.25) is 0 Å². The summed E-state index contributed by atoms with van der Waals surface area (Å²) in [6, 6.07) is 0.826. The third kappa shape index (κ3) is 3.46. The van der Waals surface area contributed by atoms with Crippen LogP contribution < -0.4 is 5.32 Å². The lowest BCUT2D eigenvalue weighted by Crippen LogP contribution is -2.40. The molecule has 0 aromatic rings. The average Bonchev–Trinajstić information content (AvgIpc) is 3.10. The summed E-state index contributed by atoms with van der Waals surface area (Å²) < 4.78 is 11.3. The van der Waals surface area contributed by atoms with Gasteiger partial charge in [-0.05, 0) is 56.8 Å². The first-order chi connectivity index (χ1) is 8.86. The van der Waals surface area contributed by atoms with E-state index < -0.39 is 0 Å². The molecule has 0 aromatic heterocycles. The minimum atomic E-state index is 0.493. The molecular formula is C15H27NO2. The van der Waals surface area contributed by atoms with E-state index in [1.807, 2.05) is 0 Å². The molecule has 3 aliphatic rings. The summed E-state index contributed by atoms with van der Waals surface area (Å²) in [7, 11) is 0. The highest BCUT2D eigenvalue weighted by molar-refractivity contribution is 4.89. The van der Waals surface area contributed by atoms with Gasteiger partial charge in [-0.3, -0.25) is 0 Å². The van der Waals surface area contributed by atoms with E-state index in [4.69, 9.17) is 9.47 Å². The lowest BCUT2D eigenvalue weighted by molar-refractivity contribution is 0.000154. The fourth-order valence-electron chi connectivity index (χ4n) is 3.31. The van der Waals surface area contributed by atoms with E-state index in [-0.39, 0.29) is 0 Å². The van der Waals surface area contributed by atoms with Crippen LogP contribution in [0.4, 0.5) is 0 Å². The van der Waals surface area contributed by atoms with E-state index in [0.29, 0.717) is 11.5 Å². The number of hydrogen-bond acceptors (Lipinski definition) is 3. The van der Waals surface area contributed by atoms with Crippen molar-refractivity contribution in [3.05, 3.63) is 0 Å². The molecule has 0 bridgehead atoms. The maximum Gasteiger partial charge on any atom is 0.0576 e. The van der Waals surface area contributed by atoms with Crippen LogP contribution in [0.2, 0.25) is 0 Å². The molecule has 1 aliphatic carbocycles. The van der Waals surface area contributed by atoms with Crippen molar-refractivity contribution in [2.75, 3.05) is 26.4 Å². The Bertz CT molecular complexity index is 253. The van der Waals surface area contributed by atoms with Crippen molar-refractivity contribution in [3.63, 3.8) is 0 Å². The van der Waals surface area contributed by atoms with Gasteiger partial charge < -0.3 is 14.8 Å². The van der Waals surface area contributed by atoms with Gasteiger partial charge >= 0.3 is 0 Å². The third-order valence-corrected chi connectivity index (χ3v) is 4.92. The maximum absolute atomic E-state index is 5.78. The van der Waals surface area contributed by atoms with Gasteiger partial charge in [0.25, 0.3) is 0 Å². The molecule has 3 heteroatoms. The topological polar surface area (TPSA) is 30.5 Å². The van der Waals surface area contributed by atoms with Gasteiger partial charge in [-0.15, -0.1) is 0 Å². The standard InChI is InChI=1S/C15H27NO2/c1-2-14(18-9-1)5-6-15(7-10-17-11-8-15)12-16-13-3-4-13/h13-14,16H,1-12H2. The highest BCUT2D eigenvalue weighted by Crippen LogP contribution is 2.37. The monoisotopic (exact) mass is 253 g/mol. The zero-order chi connectivity index (χ0) is 12.3. The Morgan fingerprint density at radius 3 is 2.56 bits per heavy atom.